The number of carbonyl (C=O) groups is 1. The molecule has 0 saturated carbocycles. The molecule has 1 saturated heterocycles. The average Bonchev–Trinajstić information content (AvgIpc) is 2.60. The molecule has 0 amide bonds. The second kappa shape index (κ2) is 5.31. The highest BCUT2D eigenvalue weighted by Gasteiger charge is 2.42. The highest BCUT2D eigenvalue weighted by atomic mass is 16.6. The van der Waals surface area contributed by atoms with Gasteiger partial charge in [-0.3, -0.25) is 0 Å². The van der Waals surface area contributed by atoms with E-state index < -0.39 is 30.2 Å². The van der Waals surface area contributed by atoms with E-state index in [0.29, 0.717) is 18.4 Å². The van der Waals surface area contributed by atoms with Gasteiger partial charge in [0.2, 0.25) is 0 Å². The van der Waals surface area contributed by atoms with E-state index >= 15 is 0 Å². The molecular formula is C15H20O4. The van der Waals surface area contributed by atoms with E-state index in [-0.39, 0.29) is 0 Å². The van der Waals surface area contributed by atoms with E-state index in [1.165, 1.54) is 0 Å². The molecule has 4 nitrogen and oxygen atoms in total. The Morgan fingerprint density at radius 3 is 2.74 bits per heavy atom. The predicted molar refractivity (Wildman–Crippen MR) is 71.3 cm³/mol. The zero-order chi connectivity index (χ0) is 14.2. The molecule has 1 heterocycles. The number of ether oxygens (including phenoxy) is 1. The maximum absolute atomic E-state index is 11.6. The summed E-state index contributed by atoms with van der Waals surface area (Å²) in [5, 5.41) is 20.3. The molecule has 19 heavy (non-hydrogen) atoms. The van der Waals surface area contributed by atoms with Crippen molar-refractivity contribution in [2.24, 2.45) is 5.92 Å². The molecule has 1 aliphatic heterocycles. The van der Waals surface area contributed by atoms with Gasteiger partial charge in [0.1, 0.15) is 6.10 Å². The van der Waals surface area contributed by atoms with Gasteiger partial charge in [0, 0.05) is 5.57 Å². The van der Waals surface area contributed by atoms with E-state index in [0.717, 1.165) is 11.1 Å². The lowest BCUT2D eigenvalue weighted by Gasteiger charge is -2.24. The van der Waals surface area contributed by atoms with Crippen LogP contribution < -0.4 is 0 Å². The maximum atomic E-state index is 11.6. The minimum Gasteiger partial charge on any atom is -0.454 e. The van der Waals surface area contributed by atoms with E-state index in [4.69, 9.17) is 4.74 Å². The number of hydrogen-bond donors (Lipinski definition) is 2. The molecule has 0 spiro atoms. The Bertz CT molecular complexity index is 461. The van der Waals surface area contributed by atoms with Gasteiger partial charge in [-0.05, 0) is 38.3 Å². The Kier molecular flexibility index (Phi) is 3.92. The molecule has 104 valence electrons. The zero-order valence-corrected chi connectivity index (χ0v) is 11.3. The van der Waals surface area contributed by atoms with Crippen LogP contribution in [0.4, 0.5) is 0 Å². The van der Waals surface area contributed by atoms with Crippen molar-refractivity contribution in [1.29, 1.82) is 0 Å². The van der Waals surface area contributed by atoms with Crippen LogP contribution in [0.15, 0.2) is 35.5 Å². The second-order valence-corrected chi connectivity index (χ2v) is 5.41. The van der Waals surface area contributed by atoms with Crippen molar-refractivity contribution in [2.75, 3.05) is 0 Å². The second-order valence-electron chi connectivity index (χ2n) is 5.41. The Labute approximate surface area is 113 Å². The monoisotopic (exact) mass is 264 g/mol. The molecule has 0 aromatic heterocycles. The summed E-state index contributed by atoms with van der Waals surface area (Å²) in [6.45, 7) is 7.43. The molecule has 4 atom stereocenters. The molecule has 0 aromatic carbocycles. The fourth-order valence-corrected chi connectivity index (χ4v) is 2.60. The van der Waals surface area contributed by atoms with Crippen molar-refractivity contribution in [3.8, 4) is 0 Å². The number of hydrogen-bond acceptors (Lipinski definition) is 4. The molecule has 4 unspecified atom stereocenters. The number of fused-ring (bicyclic) bond motifs is 1. The molecular weight excluding hydrogens is 244 g/mol. The van der Waals surface area contributed by atoms with E-state index in [2.05, 4.69) is 6.58 Å². The summed E-state index contributed by atoms with van der Waals surface area (Å²) in [6.07, 6.45) is 2.80. The molecule has 2 aliphatic rings. The van der Waals surface area contributed by atoms with Gasteiger partial charge in [-0.1, -0.05) is 18.2 Å². The van der Waals surface area contributed by atoms with Crippen LogP contribution >= 0.6 is 0 Å². The standard InChI is InChI=1S/C15H20O4/c1-8-4-5-11(16)9(2)7-13-14(12(17)6-8)10(3)15(18)19-13/h4,7,11-14,16-17H,3,5-6H2,1-2H3. The van der Waals surface area contributed by atoms with Crippen molar-refractivity contribution >= 4 is 5.97 Å². The minimum absolute atomic E-state index is 0.310. The third kappa shape index (κ3) is 2.80. The Balaban J connectivity index is 2.38. The summed E-state index contributed by atoms with van der Waals surface area (Å²) in [5.74, 6) is -0.899. The Hall–Kier alpha value is -1.39. The van der Waals surface area contributed by atoms with Crippen molar-refractivity contribution < 1.29 is 19.7 Å². The average molecular weight is 264 g/mol. The lowest BCUT2D eigenvalue weighted by molar-refractivity contribution is -0.137. The number of carbonyl (C=O) groups excluding carboxylic acids is 1. The smallest absolute Gasteiger partial charge is 0.334 e. The first-order chi connectivity index (χ1) is 8.90. The summed E-state index contributed by atoms with van der Waals surface area (Å²) >= 11 is 0. The molecule has 2 N–H and O–H groups in total. The Morgan fingerprint density at radius 1 is 1.37 bits per heavy atom. The normalized spacial score (nSPS) is 36.2. The minimum atomic E-state index is -0.695. The SMILES string of the molecule is C=C1C(=O)OC2C=C(C)C(O)CC=C(C)CC(O)C12. The van der Waals surface area contributed by atoms with Crippen LogP contribution in [0, 0.1) is 5.92 Å². The van der Waals surface area contributed by atoms with Crippen molar-refractivity contribution in [3.05, 3.63) is 35.5 Å². The first-order valence-corrected chi connectivity index (χ1v) is 6.50. The molecule has 0 radical (unpaired) electrons. The van der Waals surface area contributed by atoms with Gasteiger partial charge in [-0.15, -0.1) is 0 Å². The number of esters is 1. The van der Waals surface area contributed by atoms with Gasteiger partial charge in [0.05, 0.1) is 18.1 Å². The summed E-state index contributed by atoms with van der Waals surface area (Å²) in [5.41, 5.74) is 2.05. The number of aliphatic hydroxyl groups is 2. The van der Waals surface area contributed by atoms with Gasteiger partial charge in [-0.2, -0.15) is 0 Å². The third-order valence-electron chi connectivity index (χ3n) is 3.85. The number of aliphatic hydroxyl groups excluding tert-OH is 2. The number of rotatable bonds is 0. The Morgan fingerprint density at radius 2 is 2.05 bits per heavy atom. The van der Waals surface area contributed by atoms with Crippen molar-refractivity contribution in [2.45, 2.75) is 45.0 Å². The topological polar surface area (TPSA) is 66.8 Å². The third-order valence-corrected chi connectivity index (χ3v) is 3.85. The zero-order valence-electron chi connectivity index (χ0n) is 11.3. The fourth-order valence-electron chi connectivity index (χ4n) is 2.60. The predicted octanol–water partition coefficient (Wildman–Crippen LogP) is 1.49. The van der Waals surface area contributed by atoms with E-state index in [9.17, 15) is 15.0 Å². The molecule has 2 rings (SSSR count). The van der Waals surface area contributed by atoms with Crippen LogP contribution in [0.25, 0.3) is 0 Å². The molecule has 1 aliphatic carbocycles. The van der Waals surface area contributed by atoms with Crippen LogP contribution in [-0.2, 0) is 9.53 Å². The van der Waals surface area contributed by atoms with Crippen LogP contribution in [0.1, 0.15) is 26.7 Å². The van der Waals surface area contributed by atoms with Gasteiger partial charge < -0.3 is 14.9 Å². The first kappa shape index (κ1) is 14.0. The van der Waals surface area contributed by atoms with Crippen molar-refractivity contribution in [3.63, 3.8) is 0 Å². The van der Waals surface area contributed by atoms with Crippen LogP contribution in [0.3, 0.4) is 0 Å². The highest BCUT2D eigenvalue weighted by molar-refractivity contribution is 5.91. The van der Waals surface area contributed by atoms with Gasteiger partial charge >= 0.3 is 5.97 Å². The van der Waals surface area contributed by atoms with Gasteiger partial charge in [-0.25, -0.2) is 4.79 Å². The lowest BCUT2D eigenvalue weighted by Crippen LogP contribution is -2.29. The quantitative estimate of drug-likeness (QED) is 0.395. The first-order valence-electron chi connectivity index (χ1n) is 6.50. The molecule has 0 aromatic rings. The maximum Gasteiger partial charge on any atom is 0.334 e. The summed E-state index contributed by atoms with van der Waals surface area (Å²) in [7, 11) is 0. The van der Waals surface area contributed by atoms with Crippen LogP contribution in [-0.4, -0.2) is 34.5 Å². The highest BCUT2D eigenvalue weighted by Crippen LogP contribution is 2.34. The van der Waals surface area contributed by atoms with E-state index in [1.54, 1.807) is 13.0 Å². The fraction of sp³-hybridized carbons (Fsp3) is 0.533. The largest absolute Gasteiger partial charge is 0.454 e. The molecule has 0 bridgehead atoms. The molecule has 1 fully saturated rings. The summed E-state index contributed by atoms with van der Waals surface area (Å²) in [4.78, 5) is 11.6. The van der Waals surface area contributed by atoms with Crippen LogP contribution in [0.5, 0.6) is 0 Å². The lowest BCUT2D eigenvalue weighted by atomic mass is 9.85. The van der Waals surface area contributed by atoms with E-state index in [1.807, 2.05) is 13.0 Å². The van der Waals surface area contributed by atoms with Gasteiger partial charge in [0.15, 0.2) is 0 Å². The van der Waals surface area contributed by atoms with Crippen LogP contribution in [0.2, 0.25) is 0 Å². The van der Waals surface area contributed by atoms with Crippen molar-refractivity contribution in [1.82, 2.24) is 0 Å². The molecule has 4 heteroatoms. The summed E-state index contributed by atoms with van der Waals surface area (Å²) in [6, 6.07) is 0. The van der Waals surface area contributed by atoms with Gasteiger partial charge in [0.25, 0.3) is 0 Å². The summed E-state index contributed by atoms with van der Waals surface area (Å²) < 4.78 is 5.23.